The lowest BCUT2D eigenvalue weighted by atomic mass is 10.1. The van der Waals surface area contributed by atoms with Gasteiger partial charge in [0, 0.05) is 23.1 Å². The van der Waals surface area contributed by atoms with E-state index in [4.69, 9.17) is 9.52 Å². The maximum Gasteiger partial charge on any atom is 0.371 e. The highest BCUT2D eigenvalue weighted by atomic mass is 32.2. The molecule has 1 N–H and O–H groups in total. The van der Waals surface area contributed by atoms with Crippen LogP contribution in [0.15, 0.2) is 27.8 Å². The van der Waals surface area contributed by atoms with Gasteiger partial charge in [-0.3, -0.25) is 15.1 Å². The molecule has 0 aliphatic carbocycles. The Labute approximate surface area is 124 Å². The first kappa shape index (κ1) is 15.0. The highest BCUT2D eigenvalue weighted by Gasteiger charge is 2.19. The molecule has 2 aromatic rings. The molecule has 21 heavy (non-hydrogen) atoms. The second kappa shape index (κ2) is 5.96. The second-order valence-corrected chi connectivity index (χ2v) is 5.31. The average Bonchev–Trinajstić information content (AvgIpc) is 2.86. The van der Waals surface area contributed by atoms with Gasteiger partial charge >= 0.3 is 5.97 Å². The van der Waals surface area contributed by atoms with Crippen molar-refractivity contribution < 1.29 is 19.2 Å². The van der Waals surface area contributed by atoms with Crippen LogP contribution in [0.25, 0.3) is 0 Å². The van der Waals surface area contributed by atoms with Crippen molar-refractivity contribution in [2.24, 2.45) is 0 Å². The highest BCUT2D eigenvalue weighted by molar-refractivity contribution is 7.98. The van der Waals surface area contributed by atoms with Crippen molar-refractivity contribution in [3.05, 3.63) is 51.0 Å². The molecule has 0 bridgehead atoms. The van der Waals surface area contributed by atoms with Gasteiger partial charge in [0.2, 0.25) is 5.76 Å². The largest absolute Gasteiger partial charge is 0.475 e. The first-order valence-corrected chi connectivity index (χ1v) is 6.94. The predicted molar refractivity (Wildman–Crippen MR) is 75.6 cm³/mol. The van der Waals surface area contributed by atoms with E-state index in [0.29, 0.717) is 27.7 Å². The van der Waals surface area contributed by atoms with Gasteiger partial charge < -0.3 is 9.52 Å². The zero-order valence-electron chi connectivity index (χ0n) is 11.3. The van der Waals surface area contributed by atoms with Crippen molar-refractivity contribution in [2.75, 3.05) is 0 Å². The van der Waals surface area contributed by atoms with E-state index in [1.54, 1.807) is 19.9 Å². The third-order valence-electron chi connectivity index (χ3n) is 2.90. The fourth-order valence-corrected chi connectivity index (χ4v) is 2.73. The fraction of sp³-hybridized carbons (Fsp3) is 0.231. The number of nitro groups is 1. The molecule has 0 saturated carbocycles. The monoisotopic (exact) mass is 308 g/mol. The molecule has 0 radical (unpaired) electrons. The quantitative estimate of drug-likeness (QED) is 0.513. The fourth-order valence-electron chi connectivity index (χ4n) is 1.84. The van der Waals surface area contributed by atoms with E-state index in [1.807, 2.05) is 0 Å². The van der Waals surface area contributed by atoms with Crippen LogP contribution in [0.3, 0.4) is 0 Å². The van der Waals surface area contributed by atoms with Crippen LogP contribution in [-0.2, 0) is 5.75 Å². The van der Waals surface area contributed by atoms with Gasteiger partial charge in [0.25, 0.3) is 5.69 Å². The van der Waals surface area contributed by atoms with Gasteiger partial charge in [-0.1, -0.05) is 11.8 Å². The number of aromatic carboxylic acids is 1. The van der Waals surface area contributed by atoms with E-state index < -0.39 is 10.9 Å². The molecular formula is C13H12N2O5S. The standard InChI is InChI=1S/C13H12N2O5S/c1-7-5-14-9(8(2)12(7)15(18)19)6-21-11-4-3-10(20-11)13(16)17/h3-5H,6H2,1-2H3,(H,16,17). The predicted octanol–water partition coefficient (Wildman–Crippen LogP) is 3.19. The third-order valence-corrected chi connectivity index (χ3v) is 3.82. The van der Waals surface area contributed by atoms with E-state index in [-0.39, 0.29) is 11.4 Å². The summed E-state index contributed by atoms with van der Waals surface area (Å²) >= 11 is 1.24. The topological polar surface area (TPSA) is 106 Å². The van der Waals surface area contributed by atoms with E-state index in [9.17, 15) is 14.9 Å². The van der Waals surface area contributed by atoms with Crippen LogP contribution in [0.4, 0.5) is 5.69 Å². The summed E-state index contributed by atoms with van der Waals surface area (Å²) in [7, 11) is 0. The molecule has 0 unspecified atom stereocenters. The summed E-state index contributed by atoms with van der Waals surface area (Å²) in [4.78, 5) is 25.5. The SMILES string of the molecule is Cc1cnc(CSc2ccc(C(=O)O)o2)c(C)c1[N+](=O)[O-]. The summed E-state index contributed by atoms with van der Waals surface area (Å²) < 4.78 is 5.11. The van der Waals surface area contributed by atoms with E-state index in [1.165, 1.54) is 24.0 Å². The number of nitrogens with zero attached hydrogens (tertiary/aromatic N) is 2. The molecular weight excluding hydrogens is 296 g/mol. The minimum Gasteiger partial charge on any atom is -0.475 e. The van der Waals surface area contributed by atoms with Gasteiger partial charge in [-0.2, -0.15) is 0 Å². The van der Waals surface area contributed by atoms with E-state index in [0.717, 1.165) is 0 Å². The van der Waals surface area contributed by atoms with Crippen LogP contribution < -0.4 is 0 Å². The second-order valence-electron chi connectivity index (χ2n) is 4.33. The molecule has 0 spiro atoms. The van der Waals surface area contributed by atoms with Gasteiger partial charge in [0.05, 0.1) is 10.6 Å². The minimum atomic E-state index is -1.14. The van der Waals surface area contributed by atoms with Crippen LogP contribution in [0, 0.1) is 24.0 Å². The number of hydrogen-bond acceptors (Lipinski definition) is 6. The Hall–Kier alpha value is -2.35. The summed E-state index contributed by atoms with van der Waals surface area (Å²) in [6, 6.07) is 2.91. The first-order chi connectivity index (χ1) is 9.90. The third kappa shape index (κ3) is 3.22. The molecule has 2 heterocycles. The van der Waals surface area contributed by atoms with Crippen molar-refractivity contribution in [1.82, 2.24) is 4.98 Å². The molecule has 8 heteroatoms. The lowest BCUT2D eigenvalue weighted by Gasteiger charge is -2.06. The Bertz CT molecular complexity index is 711. The summed E-state index contributed by atoms with van der Waals surface area (Å²) in [5.41, 5.74) is 1.66. The van der Waals surface area contributed by atoms with Gasteiger partial charge in [0.15, 0.2) is 5.09 Å². The first-order valence-electron chi connectivity index (χ1n) is 5.95. The van der Waals surface area contributed by atoms with E-state index >= 15 is 0 Å². The Kier molecular flexibility index (Phi) is 4.27. The van der Waals surface area contributed by atoms with Crippen molar-refractivity contribution in [2.45, 2.75) is 24.7 Å². The molecule has 7 nitrogen and oxygen atoms in total. The molecule has 0 atom stereocenters. The van der Waals surface area contributed by atoms with Gasteiger partial charge in [-0.15, -0.1) is 0 Å². The maximum atomic E-state index is 11.0. The zero-order valence-corrected chi connectivity index (χ0v) is 12.1. The van der Waals surface area contributed by atoms with Gasteiger partial charge in [-0.25, -0.2) is 4.79 Å². The average molecular weight is 308 g/mol. The Morgan fingerprint density at radius 3 is 2.76 bits per heavy atom. The molecule has 0 aliphatic heterocycles. The Morgan fingerprint density at radius 2 is 2.19 bits per heavy atom. The number of thioether (sulfide) groups is 1. The number of carbonyl (C=O) groups is 1. The van der Waals surface area contributed by atoms with Crippen LogP contribution >= 0.6 is 11.8 Å². The molecule has 0 fully saturated rings. The van der Waals surface area contributed by atoms with Crippen molar-refractivity contribution >= 4 is 23.4 Å². The van der Waals surface area contributed by atoms with E-state index in [2.05, 4.69) is 4.98 Å². The van der Waals surface area contributed by atoms with Crippen molar-refractivity contribution in [1.29, 1.82) is 0 Å². The molecule has 0 aromatic carbocycles. The lowest BCUT2D eigenvalue weighted by Crippen LogP contribution is -2.01. The summed E-state index contributed by atoms with van der Waals surface area (Å²) in [6.07, 6.45) is 1.46. The summed E-state index contributed by atoms with van der Waals surface area (Å²) in [5, 5.41) is 20.2. The van der Waals surface area contributed by atoms with Gasteiger partial charge in [0.1, 0.15) is 0 Å². The van der Waals surface area contributed by atoms with Crippen LogP contribution in [0.2, 0.25) is 0 Å². The number of carboxylic acid groups (broad SMARTS) is 1. The molecule has 2 rings (SSSR count). The maximum absolute atomic E-state index is 11.0. The Balaban J connectivity index is 2.18. The number of pyridine rings is 1. The minimum absolute atomic E-state index is 0.0614. The number of carboxylic acids is 1. The van der Waals surface area contributed by atoms with Crippen LogP contribution in [-0.4, -0.2) is 21.0 Å². The molecule has 2 aromatic heterocycles. The normalized spacial score (nSPS) is 10.6. The zero-order chi connectivity index (χ0) is 15.6. The summed E-state index contributed by atoms with van der Waals surface area (Å²) in [6.45, 7) is 3.29. The number of aromatic nitrogens is 1. The number of rotatable bonds is 5. The Morgan fingerprint density at radius 1 is 1.48 bits per heavy atom. The summed E-state index contributed by atoms with van der Waals surface area (Å²) in [5.74, 6) is -0.918. The molecule has 0 amide bonds. The van der Waals surface area contributed by atoms with Gasteiger partial charge in [-0.05, 0) is 26.0 Å². The van der Waals surface area contributed by atoms with Crippen LogP contribution in [0.5, 0.6) is 0 Å². The molecule has 110 valence electrons. The van der Waals surface area contributed by atoms with Crippen molar-refractivity contribution in [3.63, 3.8) is 0 Å². The lowest BCUT2D eigenvalue weighted by molar-refractivity contribution is -0.386. The number of aryl methyl sites for hydroxylation is 1. The number of hydrogen-bond donors (Lipinski definition) is 1. The highest BCUT2D eigenvalue weighted by Crippen LogP contribution is 2.29. The van der Waals surface area contributed by atoms with Crippen molar-refractivity contribution in [3.8, 4) is 0 Å². The molecule has 0 aliphatic rings. The van der Waals surface area contributed by atoms with Crippen LogP contribution in [0.1, 0.15) is 27.4 Å². The number of furan rings is 1. The smallest absolute Gasteiger partial charge is 0.371 e. The molecule has 0 saturated heterocycles.